The molecule has 0 bridgehead atoms. The third-order valence-electron chi connectivity index (χ3n) is 1.88. The van der Waals surface area contributed by atoms with Crippen LogP contribution in [0.15, 0.2) is 23.0 Å². The molecule has 6 nitrogen and oxygen atoms in total. The van der Waals surface area contributed by atoms with E-state index in [0.717, 1.165) is 5.56 Å². The molecule has 6 heteroatoms. The Kier molecular flexibility index (Phi) is 4.53. The maximum atomic E-state index is 11.4. The van der Waals surface area contributed by atoms with Crippen LogP contribution in [0.1, 0.15) is 5.56 Å². The maximum absolute atomic E-state index is 11.4. The Bertz CT molecular complexity index is 346. The highest BCUT2D eigenvalue weighted by atomic mass is 16.5. The number of carbonyl (C=O) groups is 2. The zero-order valence-corrected chi connectivity index (χ0v) is 8.88. The molecule has 0 fully saturated rings. The van der Waals surface area contributed by atoms with E-state index in [-0.39, 0.29) is 12.5 Å². The average Bonchev–Trinajstić information content (AvgIpc) is 2.69. The van der Waals surface area contributed by atoms with Gasteiger partial charge in [-0.05, 0) is 6.07 Å². The number of aliphatic carboxylic acids is 1. The van der Waals surface area contributed by atoms with Crippen LogP contribution in [0.5, 0.6) is 0 Å². The van der Waals surface area contributed by atoms with Crippen LogP contribution < -0.4 is 0 Å². The standard InChI is InChI=1S/C10H13NO5/c1-11(4-8-2-3-15-5-8)9(12)6-16-7-10(13)14/h2-3,5H,4,6-7H2,1H3,(H,13,14). The highest BCUT2D eigenvalue weighted by molar-refractivity contribution is 5.77. The summed E-state index contributed by atoms with van der Waals surface area (Å²) in [5, 5.41) is 8.31. The minimum Gasteiger partial charge on any atom is -0.480 e. The van der Waals surface area contributed by atoms with Crippen molar-refractivity contribution >= 4 is 11.9 Å². The fourth-order valence-electron chi connectivity index (χ4n) is 1.08. The molecular formula is C10H13NO5. The largest absolute Gasteiger partial charge is 0.480 e. The molecule has 1 aromatic heterocycles. The Labute approximate surface area is 92.4 Å². The summed E-state index contributed by atoms with van der Waals surface area (Å²) in [6, 6.07) is 1.75. The van der Waals surface area contributed by atoms with E-state index in [0.29, 0.717) is 6.54 Å². The van der Waals surface area contributed by atoms with Crippen molar-refractivity contribution in [3.8, 4) is 0 Å². The summed E-state index contributed by atoms with van der Waals surface area (Å²) < 4.78 is 9.54. The van der Waals surface area contributed by atoms with Crippen molar-refractivity contribution in [3.05, 3.63) is 24.2 Å². The number of rotatable bonds is 6. The zero-order valence-electron chi connectivity index (χ0n) is 8.88. The van der Waals surface area contributed by atoms with Gasteiger partial charge in [-0.15, -0.1) is 0 Å². The lowest BCUT2D eigenvalue weighted by Crippen LogP contribution is -2.30. The molecule has 0 aromatic carbocycles. The van der Waals surface area contributed by atoms with Crippen molar-refractivity contribution in [3.63, 3.8) is 0 Å². The summed E-state index contributed by atoms with van der Waals surface area (Å²) in [5.74, 6) is -1.37. The van der Waals surface area contributed by atoms with Gasteiger partial charge in [0.2, 0.25) is 5.91 Å². The van der Waals surface area contributed by atoms with Crippen molar-refractivity contribution in [1.29, 1.82) is 0 Å². The van der Waals surface area contributed by atoms with Crippen LogP contribution in [0, 0.1) is 0 Å². The fourth-order valence-corrected chi connectivity index (χ4v) is 1.08. The second kappa shape index (κ2) is 5.92. The molecule has 16 heavy (non-hydrogen) atoms. The van der Waals surface area contributed by atoms with Crippen molar-refractivity contribution in [2.45, 2.75) is 6.54 Å². The normalized spacial score (nSPS) is 10.1. The number of carboxylic acid groups (broad SMARTS) is 1. The van der Waals surface area contributed by atoms with Crippen LogP contribution in [0.4, 0.5) is 0 Å². The molecule has 1 N–H and O–H groups in total. The van der Waals surface area contributed by atoms with Gasteiger partial charge in [0.05, 0.1) is 12.5 Å². The van der Waals surface area contributed by atoms with Gasteiger partial charge in [0.1, 0.15) is 13.2 Å². The van der Waals surface area contributed by atoms with E-state index in [9.17, 15) is 9.59 Å². The van der Waals surface area contributed by atoms with Gasteiger partial charge in [-0.25, -0.2) is 4.79 Å². The number of ether oxygens (including phenoxy) is 1. The van der Waals surface area contributed by atoms with Crippen molar-refractivity contribution in [2.24, 2.45) is 0 Å². The molecule has 1 rings (SSSR count). The molecular weight excluding hydrogens is 214 g/mol. The molecule has 88 valence electrons. The first-order valence-corrected chi connectivity index (χ1v) is 4.64. The van der Waals surface area contributed by atoms with Gasteiger partial charge in [-0.3, -0.25) is 4.79 Å². The minimum atomic E-state index is -1.09. The molecule has 0 radical (unpaired) electrons. The predicted octanol–water partition coefficient (Wildman–Crippen LogP) is 0.339. The lowest BCUT2D eigenvalue weighted by Gasteiger charge is -2.15. The van der Waals surface area contributed by atoms with Crippen molar-refractivity contribution in [1.82, 2.24) is 4.90 Å². The van der Waals surface area contributed by atoms with Crippen LogP contribution in [0.3, 0.4) is 0 Å². The number of hydrogen-bond donors (Lipinski definition) is 1. The highest BCUT2D eigenvalue weighted by Gasteiger charge is 2.10. The van der Waals surface area contributed by atoms with Crippen molar-refractivity contribution in [2.75, 3.05) is 20.3 Å². The number of amides is 1. The summed E-state index contributed by atoms with van der Waals surface area (Å²) in [7, 11) is 1.61. The second-order valence-electron chi connectivity index (χ2n) is 3.27. The molecule has 0 unspecified atom stereocenters. The number of carbonyl (C=O) groups excluding carboxylic acids is 1. The first-order valence-electron chi connectivity index (χ1n) is 4.64. The van der Waals surface area contributed by atoms with Crippen LogP contribution in [-0.4, -0.2) is 42.1 Å². The number of furan rings is 1. The van der Waals surface area contributed by atoms with Gasteiger partial charge in [-0.2, -0.15) is 0 Å². The first kappa shape index (κ1) is 12.3. The molecule has 1 amide bonds. The molecule has 0 saturated carbocycles. The lowest BCUT2D eigenvalue weighted by molar-refractivity contribution is -0.145. The van der Waals surface area contributed by atoms with E-state index in [1.165, 1.54) is 11.2 Å². The molecule has 0 aliphatic carbocycles. The van der Waals surface area contributed by atoms with E-state index in [1.54, 1.807) is 19.4 Å². The summed E-state index contributed by atoms with van der Waals surface area (Å²) in [4.78, 5) is 23.0. The van der Waals surface area contributed by atoms with Gasteiger partial charge < -0.3 is 19.2 Å². The van der Waals surface area contributed by atoms with Crippen LogP contribution in [0.25, 0.3) is 0 Å². The third kappa shape index (κ3) is 4.14. The Hall–Kier alpha value is -1.82. The van der Waals surface area contributed by atoms with E-state index < -0.39 is 12.6 Å². The van der Waals surface area contributed by atoms with E-state index in [2.05, 4.69) is 4.74 Å². The van der Waals surface area contributed by atoms with E-state index >= 15 is 0 Å². The smallest absolute Gasteiger partial charge is 0.329 e. The Morgan fingerprint density at radius 2 is 2.25 bits per heavy atom. The molecule has 1 aromatic rings. The van der Waals surface area contributed by atoms with E-state index in [1.807, 2.05) is 0 Å². The predicted molar refractivity (Wildman–Crippen MR) is 53.6 cm³/mol. The number of likely N-dealkylation sites (N-methyl/N-ethyl adjacent to an activating group) is 1. The number of hydrogen-bond acceptors (Lipinski definition) is 4. The van der Waals surface area contributed by atoms with Crippen molar-refractivity contribution < 1.29 is 23.8 Å². The maximum Gasteiger partial charge on any atom is 0.329 e. The van der Waals surface area contributed by atoms with Crippen LogP contribution in [-0.2, 0) is 20.9 Å². The first-order chi connectivity index (χ1) is 7.59. The molecule has 0 atom stereocenters. The Morgan fingerprint density at radius 1 is 1.50 bits per heavy atom. The summed E-state index contributed by atoms with van der Waals surface area (Å²) >= 11 is 0. The van der Waals surface area contributed by atoms with E-state index in [4.69, 9.17) is 9.52 Å². The monoisotopic (exact) mass is 227 g/mol. The zero-order chi connectivity index (χ0) is 12.0. The number of nitrogens with zero attached hydrogens (tertiary/aromatic N) is 1. The Balaban J connectivity index is 2.28. The van der Waals surface area contributed by atoms with Gasteiger partial charge in [0.15, 0.2) is 0 Å². The van der Waals surface area contributed by atoms with Gasteiger partial charge in [0, 0.05) is 19.2 Å². The van der Waals surface area contributed by atoms with Gasteiger partial charge in [-0.1, -0.05) is 0 Å². The molecule has 1 heterocycles. The summed E-state index contributed by atoms with van der Waals surface area (Å²) in [5.41, 5.74) is 0.870. The lowest BCUT2D eigenvalue weighted by atomic mass is 10.3. The average molecular weight is 227 g/mol. The van der Waals surface area contributed by atoms with Crippen LogP contribution >= 0.6 is 0 Å². The molecule has 0 aliphatic heterocycles. The number of carboxylic acids is 1. The molecule has 0 aliphatic rings. The Morgan fingerprint density at radius 3 is 2.81 bits per heavy atom. The summed E-state index contributed by atoms with van der Waals surface area (Å²) in [6.45, 7) is -0.294. The quantitative estimate of drug-likeness (QED) is 0.758. The fraction of sp³-hybridized carbons (Fsp3) is 0.400. The summed E-state index contributed by atoms with van der Waals surface area (Å²) in [6.07, 6.45) is 3.07. The topological polar surface area (TPSA) is 80.0 Å². The van der Waals surface area contributed by atoms with Gasteiger partial charge >= 0.3 is 5.97 Å². The highest BCUT2D eigenvalue weighted by Crippen LogP contribution is 2.03. The second-order valence-corrected chi connectivity index (χ2v) is 3.27. The molecule has 0 saturated heterocycles. The SMILES string of the molecule is CN(Cc1ccoc1)C(=O)COCC(=O)O. The molecule has 0 spiro atoms. The minimum absolute atomic E-state index is 0.235. The van der Waals surface area contributed by atoms with Crippen LogP contribution in [0.2, 0.25) is 0 Å². The van der Waals surface area contributed by atoms with Gasteiger partial charge in [0.25, 0.3) is 0 Å². The third-order valence-corrected chi connectivity index (χ3v) is 1.88.